The van der Waals surface area contributed by atoms with E-state index in [1.165, 1.54) is 12.8 Å². The lowest BCUT2D eigenvalue weighted by Gasteiger charge is -2.40. The van der Waals surface area contributed by atoms with E-state index in [-0.39, 0.29) is 0 Å². The first kappa shape index (κ1) is 12.0. The Kier molecular flexibility index (Phi) is 4.89. The summed E-state index contributed by atoms with van der Waals surface area (Å²) in [5, 5.41) is 0. The van der Waals surface area contributed by atoms with Crippen molar-refractivity contribution >= 4 is 0 Å². The van der Waals surface area contributed by atoms with Gasteiger partial charge in [0.1, 0.15) is 0 Å². The summed E-state index contributed by atoms with van der Waals surface area (Å²) < 4.78 is 0. The zero-order valence-electron chi connectivity index (χ0n) is 9.48. The van der Waals surface area contributed by atoms with Crippen LogP contribution in [0.15, 0.2) is 0 Å². The van der Waals surface area contributed by atoms with Crippen molar-refractivity contribution in [3.05, 3.63) is 6.92 Å². The van der Waals surface area contributed by atoms with Gasteiger partial charge in [-0.15, -0.1) is 0 Å². The monoisotopic (exact) mass is 169 g/mol. The normalized spacial score (nSPS) is 21.5. The zero-order chi connectivity index (χ0) is 9.78. The van der Waals surface area contributed by atoms with E-state index in [0.717, 1.165) is 18.3 Å². The summed E-state index contributed by atoms with van der Waals surface area (Å²) in [6.07, 6.45) is 3.63. The van der Waals surface area contributed by atoms with Crippen LogP contribution in [-0.4, -0.2) is 0 Å². The molecule has 3 unspecified atom stereocenters. The van der Waals surface area contributed by atoms with Crippen LogP contribution in [0.5, 0.6) is 0 Å². The maximum absolute atomic E-state index is 4.02. The van der Waals surface area contributed by atoms with Crippen molar-refractivity contribution in [2.45, 2.75) is 53.9 Å². The van der Waals surface area contributed by atoms with Gasteiger partial charge in [0.25, 0.3) is 0 Å². The van der Waals surface area contributed by atoms with E-state index in [2.05, 4.69) is 41.5 Å². The third-order valence-electron chi connectivity index (χ3n) is 4.06. The van der Waals surface area contributed by atoms with Gasteiger partial charge in [-0.1, -0.05) is 60.8 Å². The third-order valence-corrected chi connectivity index (χ3v) is 4.06. The Hall–Kier alpha value is 0. The highest BCUT2D eigenvalue weighted by atomic mass is 14.4. The Morgan fingerprint density at radius 1 is 1.17 bits per heavy atom. The predicted octanol–water partition coefficient (Wildman–Crippen LogP) is 4.31. The maximum Gasteiger partial charge on any atom is -0.0277 e. The van der Waals surface area contributed by atoms with Gasteiger partial charge >= 0.3 is 0 Å². The topological polar surface area (TPSA) is 0 Å². The van der Waals surface area contributed by atoms with Crippen LogP contribution >= 0.6 is 0 Å². The van der Waals surface area contributed by atoms with Crippen LogP contribution in [-0.2, 0) is 0 Å². The molecule has 12 heavy (non-hydrogen) atoms. The van der Waals surface area contributed by atoms with Crippen molar-refractivity contribution in [3.8, 4) is 0 Å². The van der Waals surface area contributed by atoms with Gasteiger partial charge in [0.15, 0.2) is 0 Å². The average Bonchev–Trinajstić information content (AvgIpc) is 2.13. The lowest BCUT2D eigenvalue weighted by atomic mass is 9.66. The molecular weight excluding hydrogens is 144 g/mol. The molecule has 0 heterocycles. The van der Waals surface area contributed by atoms with Crippen molar-refractivity contribution in [3.63, 3.8) is 0 Å². The Morgan fingerprint density at radius 2 is 1.67 bits per heavy atom. The summed E-state index contributed by atoms with van der Waals surface area (Å²) >= 11 is 0. The fourth-order valence-corrected chi connectivity index (χ4v) is 1.98. The van der Waals surface area contributed by atoms with Gasteiger partial charge in [0.05, 0.1) is 0 Å². The van der Waals surface area contributed by atoms with Gasteiger partial charge < -0.3 is 0 Å². The Morgan fingerprint density at radius 3 is 1.92 bits per heavy atom. The molecule has 0 spiro atoms. The van der Waals surface area contributed by atoms with Crippen LogP contribution in [0.25, 0.3) is 0 Å². The van der Waals surface area contributed by atoms with E-state index in [0.29, 0.717) is 5.41 Å². The molecule has 0 nitrogen and oxygen atoms in total. The molecule has 0 aromatic carbocycles. The lowest BCUT2D eigenvalue weighted by molar-refractivity contribution is 0.105. The van der Waals surface area contributed by atoms with Gasteiger partial charge in [-0.05, 0) is 17.3 Å². The molecule has 0 bridgehead atoms. The minimum absolute atomic E-state index is 0.497. The summed E-state index contributed by atoms with van der Waals surface area (Å²) in [4.78, 5) is 0. The van der Waals surface area contributed by atoms with Crippen molar-refractivity contribution in [1.82, 2.24) is 0 Å². The summed E-state index contributed by atoms with van der Waals surface area (Å²) in [6, 6.07) is 0. The Labute approximate surface area is 78.8 Å². The molecule has 0 fully saturated rings. The van der Waals surface area contributed by atoms with Crippen molar-refractivity contribution < 1.29 is 0 Å². The van der Waals surface area contributed by atoms with E-state index in [1.807, 2.05) is 0 Å². The van der Waals surface area contributed by atoms with Crippen molar-refractivity contribution in [2.75, 3.05) is 0 Å². The molecule has 0 N–H and O–H groups in total. The van der Waals surface area contributed by atoms with E-state index < -0.39 is 0 Å². The lowest BCUT2D eigenvalue weighted by Crippen LogP contribution is -2.31. The number of hydrogen-bond acceptors (Lipinski definition) is 0. The van der Waals surface area contributed by atoms with Gasteiger partial charge in [-0.2, -0.15) is 0 Å². The summed E-state index contributed by atoms with van der Waals surface area (Å²) in [6.45, 7) is 15.7. The second-order valence-corrected chi connectivity index (χ2v) is 4.36. The van der Waals surface area contributed by atoms with Gasteiger partial charge in [-0.3, -0.25) is 0 Å². The molecule has 0 saturated carbocycles. The summed E-state index contributed by atoms with van der Waals surface area (Å²) in [7, 11) is 0. The minimum atomic E-state index is 0.497. The molecule has 0 saturated heterocycles. The summed E-state index contributed by atoms with van der Waals surface area (Å²) in [5.74, 6) is 1.57. The highest BCUT2D eigenvalue weighted by Gasteiger charge is 2.32. The van der Waals surface area contributed by atoms with E-state index in [1.54, 1.807) is 0 Å². The standard InChI is InChI=1S/C12H25/c1-7-10(4)12(6,9-3)11(5)8-2/h10-11H,1,7-9H2,2-6H3. The van der Waals surface area contributed by atoms with E-state index in [4.69, 9.17) is 0 Å². The summed E-state index contributed by atoms with van der Waals surface area (Å²) in [5.41, 5.74) is 0.497. The maximum atomic E-state index is 4.02. The van der Waals surface area contributed by atoms with Crippen LogP contribution < -0.4 is 0 Å². The molecule has 0 heteroatoms. The first-order valence-corrected chi connectivity index (χ1v) is 5.32. The molecule has 1 radical (unpaired) electrons. The van der Waals surface area contributed by atoms with Crippen molar-refractivity contribution in [1.29, 1.82) is 0 Å². The third kappa shape index (κ3) is 2.24. The molecule has 0 aromatic heterocycles. The Balaban J connectivity index is 4.42. The predicted molar refractivity (Wildman–Crippen MR) is 57.0 cm³/mol. The molecule has 73 valence electrons. The highest BCUT2D eigenvalue weighted by molar-refractivity contribution is 4.83. The minimum Gasteiger partial charge on any atom is -0.0651 e. The van der Waals surface area contributed by atoms with E-state index >= 15 is 0 Å². The quantitative estimate of drug-likeness (QED) is 0.575. The second kappa shape index (κ2) is 4.89. The fourth-order valence-electron chi connectivity index (χ4n) is 1.98. The van der Waals surface area contributed by atoms with Gasteiger partial charge in [-0.25, -0.2) is 0 Å². The average molecular weight is 169 g/mol. The molecule has 0 aromatic rings. The SMILES string of the molecule is [CH2]CC(C)C(C)(CC)C(C)CC. The van der Waals surface area contributed by atoms with E-state index in [9.17, 15) is 0 Å². The largest absolute Gasteiger partial charge is 0.0651 e. The molecule has 3 atom stereocenters. The zero-order valence-corrected chi connectivity index (χ0v) is 9.48. The first-order chi connectivity index (χ1) is 5.52. The molecule has 0 aliphatic carbocycles. The second-order valence-electron chi connectivity index (χ2n) is 4.36. The van der Waals surface area contributed by atoms with Gasteiger partial charge in [0, 0.05) is 0 Å². The fraction of sp³-hybridized carbons (Fsp3) is 0.917. The molecule has 0 amide bonds. The van der Waals surface area contributed by atoms with Gasteiger partial charge in [0.2, 0.25) is 0 Å². The van der Waals surface area contributed by atoms with Crippen LogP contribution in [0, 0.1) is 24.2 Å². The van der Waals surface area contributed by atoms with Crippen LogP contribution in [0.1, 0.15) is 53.9 Å². The molecule has 0 aliphatic rings. The number of rotatable bonds is 5. The molecular formula is C12H25. The smallest absolute Gasteiger partial charge is 0.0277 e. The van der Waals surface area contributed by atoms with Crippen molar-refractivity contribution in [2.24, 2.45) is 17.3 Å². The van der Waals surface area contributed by atoms with Crippen LogP contribution in [0.4, 0.5) is 0 Å². The highest BCUT2D eigenvalue weighted by Crippen LogP contribution is 2.41. The van der Waals surface area contributed by atoms with Crippen LogP contribution in [0.2, 0.25) is 0 Å². The molecule has 0 rings (SSSR count). The number of hydrogen-bond donors (Lipinski definition) is 0. The Bertz CT molecular complexity index is 105. The van der Waals surface area contributed by atoms with Crippen LogP contribution in [0.3, 0.4) is 0 Å². The first-order valence-electron chi connectivity index (χ1n) is 5.32. The molecule has 0 aliphatic heterocycles.